The normalized spacial score (nSPS) is 16.0. The molecule has 24 heavy (non-hydrogen) atoms. The van der Waals surface area contributed by atoms with Crippen LogP contribution in [0.3, 0.4) is 0 Å². The predicted octanol–water partition coefficient (Wildman–Crippen LogP) is 3.83. The number of nitro groups is 1. The molecule has 1 heterocycles. The summed E-state index contributed by atoms with van der Waals surface area (Å²) in [4.78, 5) is 36.4. The fourth-order valence-electron chi connectivity index (χ4n) is 2.32. The van der Waals surface area contributed by atoms with E-state index in [9.17, 15) is 19.7 Å². The van der Waals surface area contributed by atoms with Crippen molar-refractivity contribution in [3.8, 4) is 0 Å². The molecule has 0 radical (unpaired) electrons. The van der Waals surface area contributed by atoms with Crippen molar-refractivity contribution in [2.45, 2.75) is 6.54 Å². The summed E-state index contributed by atoms with van der Waals surface area (Å²) < 4.78 is 0. The summed E-state index contributed by atoms with van der Waals surface area (Å²) in [6.45, 7) is 0.180. The predicted molar refractivity (Wildman–Crippen MR) is 91.1 cm³/mol. The molecule has 2 amide bonds. The van der Waals surface area contributed by atoms with Gasteiger partial charge in [0.15, 0.2) is 0 Å². The number of amides is 2. The van der Waals surface area contributed by atoms with Gasteiger partial charge in [0.1, 0.15) is 0 Å². The molecular weight excluding hydrogens is 328 g/mol. The number of thioether (sulfide) groups is 1. The summed E-state index contributed by atoms with van der Waals surface area (Å²) in [5.41, 5.74) is 1.03. The summed E-state index contributed by atoms with van der Waals surface area (Å²) >= 11 is 0.792. The van der Waals surface area contributed by atoms with Gasteiger partial charge in [-0.05, 0) is 29.5 Å². The zero-order valence-corrected chi connectivity index (χ0v) is 13.2. The van der Waals surface area contributed by atoms with Crippen molar-refractivity contribution in [3.05, 3.63) is 80.7 Å². The molecule has 0 aliphatic carbocycles. The van der Waals surface area contributed by atoms with Crippen molar-refractivity contribution in [1.29, 1.82) is 0 Å². The van der Waals surface area contributed by atoms with Crippen LogP contribution in [0.4, 0.5) is 10.5 Å². The van der Waals surface area contributed by atoms with E-state index in [0.29, 0.717) is 5.56 Å². The highest BCUT2D eigenvalue weighted by Crippen LogP contribution is 2.34. The number of carbonyl (C=O) groups excluding carboxylic acids is 2. The first kappa shape index (κ1) is 15.9. The number of carbonyl (C=O) groups is 2. The maximum absolute atomic E-state index is 12.5. The standard InChI is InChI=1S/C17H12N2O4S/c20-16-15(10-13-8-4-5-9-14(13)19(22)23)24-17(21)18(16)11-12-6-2-1-3-7-12/h1-10H,11H2. The molecule has 0 atom stereocenters. The maximum atomic E-state index is 12.5. The molecule has 2 aromatic carbocycles. The van der Waals surface area contributed by atoms with E-state index in [1.165, 1.54) is 12.1 Å². The summed E-state index contributed by atoms with van der Waals surface area (Å²) in [6, 6.07) is 15.3. The monoisotopic (exact) mass is 340 g/mol. The van der Waals surface area contributed by atoms with Gasteiger partial charge in [0.2, 0.25) is 0 Å². The molecule has 7 heteroatoms. The van der Waals surface area contributed by atoms with Crippen LogP contribution in [0.25, 0.3) is 6.08 Å². The van der Waals surface area contributed by atoms with E-state index in [0.717, 1.165) is 22.2 Å². The number of para-hydroxylation sites is 1. The molecular formula is C17H12N2O4S. The first-order chi connectivity index (χ1) is 11.6. The van der Waals surface area contributed by atoms with Crippen molar-refractivity contribution in [3.63, 3.8) is 0 Å². The Hall–Kier alpha value is -2.93. The van der Waals surface area contributed by atoms with E-state index in [1.54, 1.807) is 18.2 Å². The van der Waals surface area contributed by atoms with Crippen LogP contribution < -0.4 is 0 Å². The van der Waals surface area contributed by atoms with Crippen LogP contribution in [-0.2, 0) is 11.3 Å². The van der Waals surface area contributed by atoms with Crippen molar-refractivity contribution < 1.29 is 14.5 Å². The van der Waals surface area contributed by atoms with Crippen molar-refractivity contribution >= 4 is 34.7 Å². The van der Waals surface area contributed by atoms with Gasteiger partial charge in [0.05, 0.1) is 21.9 Å². The Morgan fingerprint density at radius 2 is 1.71 bits per heavy atom. The van der Waals surface area contributed by atoms with E-state index in [4.69, 9.17) is 0 Å². The number of nitro benzene ring substituents is 1. The molecule has 0 aromatic heterocycles. The van der Waals surface area contributed by atoms with Gasteiger partial charge >= 0.3 is 0 Å². The van der Waals surface area contributed by atoms with Gasteiger partial charge in [-0.15, -0.1) is 0 Å². The van der Waals surface area contributed by atoms with Crippen LogP contribution in [-0.4, -0.2) is 21.0 Å². The molecule has 120 valence electrons. The Morgan fingerprint density at radius 1 is 1.04 bits per heavy atom. The number of rotatable bonds is 4. The molecule has 0 saturated carbocycles. The smallest absolute Gasteiger partial charge is 0.268 e. The fraction of sp³-hybridized carbons (Fsp3) is 0.0588. The molecule has 0 N–H and O–H groups in total. The first-order valence-electron chi connectivity index (χ1n) is 7.09. The third-order valence-corrected chi connectivity index (χ3v) is 4.38. The Kier molecular flexibility index (Phi) is 4.43. The molecule has 1 fully saturated rings. The highest BCUT2D eigenvalue weighted by atomic mass is 32.2. The summed E-state index contributed by atoms with van der Waals surface area (Å²) in [5, 5.41) is 10.7. The Labute approximate surface area is 141 Å². The number of imide groups is 1. The lowest BCUT2D eigenvalue weighted by Gasteiger charge is -2.12. The third-order valence-electron chi connectivity index (χ3n) is 3.48. The zero-order chi connectivity index (χ0) is 17.1. The van der Waals surface area contributed by atoms with E-state index >= 15 is 0 Å². The molecule has 2 aromatic rings. The maximum Gasteiger partial charge on any atom is 0.293 e. The van der Waals surface area contributed by atoms with Crippen LogP contribution >= 0.6 is 11.8 Å². The van der Waals surface area contributed by atoms with Gasteiger partial charge < -0.3 is 0 Å². The topological polar surface area (TPSA) is 80.5 Å². The lowest BCUT2D eigenvalue weighted by molar-refractivity contribution is -0.385. The highest BCUT2D eigenvalue weighted by molar-refractivity contribution is 8.18. The van der Waals surface area contributed by atoms with Crippen LogP contribution in [0.2, 0.25) is 0 Å². The summed E-state index contributed by atoms with van der Waals surface area (Å²) in [7, 11) is 0. The van der Waals surface area contributed by atoms with Crippen LogP contribution in [0.15, 0.2) is 59.5 Å². The molecule has 1 aliphatic rings. The van der Waals surface area contributed by atoms with Crippen LogP contribution in [0, 0.1) is 10.1 Å². The van der Waals surface area contributed by atoms with E-state index in [1.807, 2.05) is 30.3 Å². The van der Waals surface area contributed by atoms with E-state index < -0.39 is 10.8 Å². The molecule has 1 aliphatic heterocycles. The molecule has 3 rings (SSSR count). The Morgan fingerprint density at radius 3 is 2.42 bits per heavy atom. The average molecular weight is 340 g/mol. The Balaban J connectivity index is 1.88. The van der Waals surface area contributed by atoms with Crippen molar-refractivity contribution in [2.75, 3.05) is 0 Å². The quantitative estimate of drug-likeness (QED) is 0.480. The van der Waals surface area contributed by atoms with Gasteiger partial charge in [-0.3, -0.25) is 24.6 Å². The number of hydrogen-bond donors (Lipinski definition) is 0. The average Bonchev–Trinajstić information content (AvgIpc) is 2.84. The highest BCUT2D eigenvalue weighted by Gasteiger charge is 2.35. The summed E-state index contributed by atoms with van der Waals surface area (Å²) in [5.74, 6) is -0.438. The second-order valence-corrected chi connectivity index (χ2v) is 6.06. The number of nitrogens with zero attached hydrogens (tertiary/aromatic N) is 2. The molecule has 0 spiro atoms. The second-order valence-electron chi connectivity index (χ2n) is 5.07. The zero-order valence-electron chi connectivity index (χ0n) is 12.4. The largest absolute Gasteiger partial charge is 0.293 e. The van der Waals surface area contributed by atoms with Crippen molar-refractivity contribution in [2.24, 2.45) is 0 Å². The second kappa shape index (κ2) is 6.67. The Bertz CT molecular complexity index is 849. The van der Waals surface area contributed by atoms with E-state index in [2.05, 4.69) is 0 Å². The number of benzene rings is 2. The minimum atomic E-state index is -0.514. The molecule has 6 nitrogen and oxygen atoms in total. The SMILES string of the molecule is O=C1SC(=Cc2ccccc2[N+](=O)[O-])C(=O)N1Cc1ccccc1. The fourth-order valence-corrected chi connectivity index (χ4v) is 3.15. The van der Waals surface area contributed by atoms with E-state index in [-0.39, 0.29) is 22.4 Å². The van der Waals surface area contributed by atoms with Gasteiger partial charge in [-0.25, -0.2) is 0 Å². The summed E-state index contributed by atoms with van der Waals surface area (Å²) in [6.07, 6.45) is 1.40. The first-order valence-corrected chi connectivity index (χ1v) is 7.90. The molecule has 0 bridgehead atoms. The van der Waals surface area contributed by atoms with Gasteiger partial charge in [-0.1, -0.05) is 42.5 Å². The lowest BCUT2D eigenvalue weighted by atomic mass is 10.1. The minimum absolute atomic E-state index is 0.104. The minimum Gasteiger partial charge on any atom is -0.268 e. The van der Waals surface area contributed by atoms with Crippen LogP contribution in [0.5, 0.6) is 0 Å². The lowest BCUT2D eigenvalue weighted by Crippen LogP contribution is -2.27. The van der Waals surface area contributed by atoms with Gasteiger partial charge in [-0.2, -0.15) is 0 Å². The number of hydrogen-bond acceptors (Lipinski definition) is 5. The van der Waals surface area contributed by atoms with Crippen molar-refractivity contribution in [1.82, 2.24) is 4.90 Å². The van der Waals surface area contributed by atoms with Gasteiger partial charge in [0.25, 0.3) is 16.8 Å². The van der Waals surface area contributed by atoms with Crippen LogP contribution in [0.1, 0.15) is 11.1 Å². The molecule has 1 saturated heterocycles. The van der Waals surface area contributed by atoms with Gasteiger partial charge in [0, 0.05) is 6.07 Å². The molecule has 0 unspecified atom stereocenters. The third kappa shape index (κ3) is 3.21.